The van der Waals surface area contributed by atoms with Crippen LogP contribution in [0.4, 0.5) is 0 Å². The summed E-state index contributed by atoms with van der Waals surface area (Å²) in [5.41, 5.74) is 0. The van der Waals surface area contributed by atoms with Gasteiger partial charge in [-0.15, -0.1) is 0 Å². The summed E-state index contributed by atoms with van der Waals surface area (Å²) >= 11 is 0. The monoisotopic (exact) mass is 454 g/mol. The Balaban J connectivity index is 2.23. The molecule has 0 aliphatic heterocycles. The van der Waals surface area contributed by atoms with E-state index in [1.54, 1.807) is 0 Å². The number of hydrogen-bond acceptors (Lipinski definition) is 5. The molecule has 188 valence electrons. The van der Waals surface area contributed by atoms with E-state index < -0.39 is 12.2 Å². The van der Waals surface area contributed by atoms with Crippen LogP contribution in [0.5, 0.6) is 0 Å². The fraction of sp³-hybridized carbons (Fsp3) is 0.889. The Morgan fingerprint density at radius 3 is 2.34 bits per heavy atom. The number of carbonyl (C=O) groups excluding carboxylic acids is 1. The zero-order chi connectivity index (χ0) is 23.8. The molecule has 5 atom stereocenters. The third-order valence-electron chi connectivity index (χ3n) is 6.69. The zero-order valence-electron chi connectivity index (χ0n) is 20.9. The first-order chi connectivity index (χ1) is 15.3. The van der Waals surface area contributed by atoms with Crippen LogP contribution in [0.25, 0.3) is 0 Å². The molecule has 1 rings (SSSR count). The minimum Gasteiger partial charge on any atom is -0.463 e. The van der Waals surface area contributed by atoms with Crippen LogP contribution in [0.3, 0.4) is 0 Å². The highest BCUT2D eigenvalue weighted by Gasteiger charge is 2.40. The van der Waals surface area contributed by atoms with Crippen LogP contribution in [0.2, 0.25) is 0 Å². The van der Waals surface area contributed by atoms with Gasteiger partial charge >= 0.3 is 5.97 Å². The number of unbranched alkanes of at least 4 members (excludes halogenated alkanes) is 7. The van der Waals surface area contributed by atoms with Gasteiger partial charge in [-0.05, 0) is 77.0 Å². The second-order valence-electron chi connectivity index (χ2n) is 9.98. The maximum atomic E-state index is 11.5. The number of aliphatic hydroxyl groups is 3. The Bertz CT molecular complexity index is 504. The van der Waals surface area contributed by atoms with Crippen LogP contribution >= 0.6 is 0 Å². The van der Waals surface area contributed by atoms with Gasteiger partial charge in [0.15, 0.2) is 0 Å². The van der Waals surface area contributed by atoms with Crippen molar-refractivity contribution in [3.8, 4) is 0 Å². The van der Waals surface area contributed by atoms with Crippen molar-refractivity contribution in [3.63, 3.8) is 0 Å². The van der Waals surface area contributed by atoms with Crippen molar-refractivity contribution in [1.29, 1.82) is 0 Å². The molecular formula is C27H50O5. The van der Waals surface area contributed by atoms with Crippen molar-refractivity contribution >= 4 is 5.97 Å². The first-order valence-corrected chi connectivity index (χ1v) is 13.2. The summed E-state index contributed by atoms with van der Waals surface area (Å²) < 4.78 is 5.14. The fourth-order valence-electron chi connectivity index (χ4n) is 4.82. The van der Waals surface area contributed by atoms with Gasteiger partial charge in [-0.3, -0.25) is 4.79 Å². The number of ether oxygens (including phenoxy) is 1. The van der Waals surface area contributed by atoms with E-state index in [-0.39, 0.29) is 30.0 Å². The van der Waals surface area contributed by atoms with Crippen LogP contribution in [-0.4, -0.2) is 45.7 Å². The zero-order valence-corrected chi connectivity index (χ0v) is 20.9. The average Bonchev–Trinajstić information content (AvgIpc) is 3.00. The normalized spacial score (nSPS) is 24.5. The summed E-state index contributed by atoms with van der Waals surface area (Å²) in [6, 6.07) is 0. The van der Waals surface area contributed by atoms with E-state index in [1.807, 2.05) is 13.8 Å². The van der Waals surface area contributed by atoms with Crippen molar-refractivity contribution in [2.75, 3.05) is 0 Å². The molecule has 1 aliphatic carbocycles. The largest absolute Gasteiger partial charge is 0.463 e. The predicted octanol–water partition coefficient (Wildman–Crippen LogP) is 5.69. The highest BCUT2D eigenvalue weighted by molar-refractivity contribution is 5.69. The summed E-state index contributed by atoms with van der Waals surface area (Å²) in [5.74, 6) is 0.0251. The minimum absolute atomic E-state index is 0.0440. The van der Waals surface area contributed by atoms with Gasteiger partial charge in [0.05, 0.1) is 24.4 Å². The average molecular weight is 455 g/mol. The van der Waals surface area contributed by atoms with Gasteiger partial charge in [0.25, 0.3) is 0 Å². The molecule has 0 aromatic carbocycles. The topological polar surface area (TPSA) is 87.0 Å². The Labute approximate surface area is 196 Å². The van der Waals surface area contributed by atoms with Crippen LogP contribution in [0.1, 0.15) is 117 Å². The van der Waals surface area contributed by atoms with Crippen molar-refractivity contribution < 1.29 is 24.9 Å². The molecule has 1 aliphatic rings. The van der Waals surface area contributed by atoms with E-state index in [9.17, 15) is 20.1 Å². The molecule has 0 spiro atoms. The molecule has 0 saturated heterocycles. The Kier molecular flexibility index (Phi) is 16.0. The van der Waals surface area contributed by atoms with Gasteiger partial charge in [-0.2, -0.15) is 0 Å². The minimum atomic E-state index is -0.467. The molecule has 3 N–H and O–H groups in total. The van der Waals surface area contributed by atoms with Gasteiger partial charge in [0.2, 0.25) is 0 Å². The maximum absolute atomic E-state index is 11.5. The summed E-state index contributed by atoms with van der Waals surface area (Å²) in [5, 5.41) is 31.1. The summed E-state index contributed by atoms with van der Waals surface area (Å²) in [6.45, 7) is 5.94. The lowest BCUT2D eigenvalue weighted by atomic mass is 9.85. The molecular weight excluding hydrogens is 404 g/mol. The quantitative estimate of drug-likeness (QED) is 0.141. The van der Waals surface area contributed by atoms with Crippen LogP contribution in [0.15, 0.2) is 12.2 Å². The van der Waals surface area contributed by atoms with Gasteiger partial charge in [0, 0.05) is 6.42 Å². The Morgan fingerprint density at radius 1 is 0.938 bits per heavy atom. The number of hydrogen-bond donors (Lipinski definition) is 3. The Morgan fingerprint density at radius 2 is 1.62 bits per heavy atom. The first kappa shape index (κ1) is 29.1. The number of rotatable bonds is 18. The molecule has 0 aromatic heterocycles. The molecule has 1 saturated carbocycles. The number of carbonyl (C=O) groups is 1. The molecule has 0 amide bonds. The van der Waals surface area contributed by atoms with E-state index in [0.717, 1.165) is 51.4 Å². The highest BCUT2D eigenvalue weighted by atomic mass is 16.5. The van der Waals surface area contributed by atoms with E-state index >= 15 is 0 Å². The number of aliphatic hydroxyl groups excluding tert-OH is 3. The molecule has 0 radical (unpaired) electrons. The summed E-state index contributed by atoms with van der Waals surface area (Å²) in [4.78, 5) is 11.5. The lowest BCUT2D eigenvalue weighted by Crippen LogP contribution is -2.23. The van der Waals surface area contributed by atoms with Crippen molar-refractivity contribution in [2.45, 2.75) is 141 Å². The van der Waals surface area contributed by atoms with Gasteiger partial charge in [-0.25, -0.2) is 0 Å². The maximum Gasteiger partial charge on any atom is 0.306 e. The lowest BCUT2D eigenvalue weighted by Gasteiger charge is -2.23. The van der Waals surface area contributed by atoms with E-state index in [4.69, 9.17) is 4.74 Å². The van der Waals surface area contributed by atoms with Crippen LogP contribution in [-0.2, 0) is 9.53 Å². The van der Waals surface area contributed by atoms with Gasteiger partial charge < -0.3 is 20.1 Å². The molecule has 5 heteroatoms. The van der Waals surface area contributed by atoms with E-state index in [2.05, 4.69) is 19.1 Å². The molecule has 0 bridgehead atoms. The highest BCUT2D eigenvalue weighted by Crippen LogP contribution is 2.38. The second-order valence-corrected chi connectivity index (χ2v) is 9.98. The third kappa shape index (κ3) is 13.0. The number of esters is 1. The van der Waals surface area contributed by atoms with Gasteiger partial charge in [0.1, 0.15) is 0 Å². The standard InChI is InChI=1S/C27H50O5/c1-4-5-6-9-12-15-22(28)18-19-24-23(25(29)20-26(24)30)16-13-10-7-8-11-14-17-27(31)32-21(2)3/h10,13,21-26,28-30H,4-9,11-12,14-20H2,1-3H3/b13-10+. The molecule has 5 unspecified atom stereocenters. The molecule has 5 nitrogen and oxygen atoms in total. The first-order valence-electron chi connectivity index (χ1n) is 13.2. The smallest absolute Gasteiger partial charge is 0.306 e. The summed E-state index contributed by atoms with van der Waals surface area (Å²) in [6.07, 6.45) is 16.9. The number of allylic oxidation sites excluding steroid dienone is 2. The summed E-state index contributed by atoms with van der Waals surface area (Å²) in [7, 11) is 0. The third-order valence-corrected chi connectivity index (χ3v) is 6.69. The molecule has 1 fully saturated rings. The van der Waals surface area contributed by atoms with Crippen molar-refractivity contribution in [2.24, 2.45) is 11.8 Å². The Hall–Kier alpha value is -0.910. The molecule has 0 aromatic rings. The second kappa shape index (κ2) is 17.6. The van der Waals surface area contributed by atoms with E-state index in [0.29, 0.717) is 19.3 Å². The SMILES string of the molecule is CCCCCCCC(O)CCC1C(O)CC(O)C1C/C=C/CCCCCC(=O)OC(C)C. The van der Waals surface area contributed by atoms with Crippen molar-refractivity contribution in [1.82, 2.24) is 0 Å². The molecule has 0 heterocycles. The predicted molar refractivity (Wildman–Crippen MR) is 130 cm³/mol. The lowest BCUT2D eigenvalue weighted by molar-refractivity contribution is -0.147. The van der Waals surface area contributed by atoms with Crippen molar-refractivity contribution in [3.05, 3.63) is 12.2 Å². The molecule has 32 heavy (non-hydrogen) atoms. The van der Waals surface area contributed by atoms with Gasteiger partial charge in [-0.1, -0.05) is 57.6 Å². The fourth-order valence-corrected chi connectivity index (χ4v) is 4.82. The van der Waals surface area contributed by atoms with Crippen LogP contribution in [0, 0.1) is 11.8 Å². The van der Waals surface area contributed by atoms with Crippen LogP contribution < -0.4 is 0 Å². The van der Waals surface area contributed by atoms with E-state index in [1.165, 1.54) is 25.7 Å².